The Morgan fingerprint density at radius 2 is 1.74 bits per heavy atom. The Kier molecular flexibility index (Phi) is 6.41. The Bertz CT molecular complexity index is 839. The molecule has 7 heteroatoms. The van der Waals surface area contributed by atoms with Crippen LogP contribution in [-0.2, 0) is 17.8 Å². The van der Waals surface area contributed by atoms with Crippen molar-refractivity contribution in [3.05, 3.63) is 27.9 Å². The van der Waals surface area contributed by atoms with Crippen LogP contribution in [0.2, 0.25) is 0 Å². The standard InChI is InChI=1S/C24H37N5O2/c30-23-16-21(25-22-8-2-1-5-10-29(22)23)19-9-11-26(17-19)18-24(31)28-14-12-27(13-15-28)20-6-3-4-7-20/h16,19-20H,1-15,17-18H2. The van der Waals surface area contributed by atoms with Gasteiger partial charge in [-0.25, -0.2) is 4.98 Å². The predicted molar refractivity (Wildman–Crippen MR) is 120 cm³/mol. The van der Waals surface area contributed by atoms with Crippen LogP contribution in [0.4, 0.5) is 0 Å². The molecule has 170 valence electrons. The maximum Gasteiger partial charge on any atom is 0.253 e. The van der Waals surface area contributed by atoms with E-state index in [1.165, 1.54) is 32.1 Å². The molecule has 0 aromatic carbocycles. The molecule has 3 aliphatic heterocycles. The molecule has 31 heavy (non-hydrogen) atoms. The molecule has 1 aliphatic carbocycles. The molecule has 4 heterocycles. The van der Waals surface area contributed by atoms with Gasteiger partial charge in [0.2, 0.25) is 5.91 Å². The van der Waals surface area contributed by atoms with Crippen molar-refractivity contribution in [1.82, 2.24) is 24.3 Å². The van der Waals surface area contributed by atoms with Crippen molar-refractivity contribution in [2.75, 3.05) is 45.8 Å². The summed E-state index contributed by atoms with van der Waals surface area (Å²) < 4.78 is 1.87. The topological polar surface area (TPSA) is 61.7 Å². The Morgan fingerprint density at radius 1 is 0.935 bits per heavy atom. The Balaban J connectivity index is 1.14. The number of carbonyl (C=O) groups is 1. The van der Waals surface area contributed by atoms with Gasteiger partial charge in [-0.15, -0.1) is 0 Å². The quantitative estimate of drug-likeness (QED) is 0.734. The van der Waals surface area contributed by atoms with Crippen molar-refractivity contribution < 1.29 is 4.79 Å². The molecule has 1 saturated carbocycles. The number of aromatic nitrogens is 2. The molecule has 0 bridgehead atoms. The van der Waals surface area contributed by atoms with Crippen LogP contribution in [0.15, 0.2) is 10.9 Å². The average Bonchev–Trinajstić information content (AvgIpc) is 3.42. The summed E-state index contributed by atoms with van der Waals surface area (Å²) in [5.74, 6) is 1.50. The van der Waals surface area contributed by atoms with Gasteiger partial charge >= 0.3 is 0 Å². The maximum atomic E-state index is 12.9. The van der Waals surface area contributed by atoms with E-state index in [0.717, 1.165) is 89.1 Å². The van der Waals surface area contributed by atoms with Gasteiger partial charge in [0.25, 0.3) is 5.56 Å². The minimum atomic E-state index is 0.108. The van der Waals surface area contributed by atoms with Crippen LogP contribution in [-0.4, -0.2) is 82.0 Å². The molecule has 0 N–H and O–H groups in total. The number of hydrogen-bond acceptors (Lipinski definition) is 5. The highest BCUT2D eigenvalue weighted by Crippen LogP contribution is 2.27. The number of fused-ring (bicyclic) bond motifs is 1. The summed E-state index contributed by atoms with van der Waals surface area (Å²) in [6.07, 6.45) is 10.7. The van der Waals surface area contributed by atoms with Crippen molar-refractivity contribution in [3.63, 3.8) is 0 Å². The van der Waals surface area contributed by atoms with Crippen LogP contribution >= 0.6 is 0 Å². The SMILES string of the molecule is O=C(CN1CCC(c2cc(=O)n3c(n2)CCCCC3)C1)N1CCN(C2CCCC2)CC1. The molecule has 2 saturated heterocycles. The van der Waals surface area contributed by atoms with Gasteiger partial charge in [-0.2, -0.15) is 0 Å². The number of hydrogen-bond donors (Lipinski definition) is 0. The summed E-state index contributed by atoms with van der Waals surface area (Å²) in [6.45, 7) is 6.86. The van der Waals surface area contributed by atoms with Crippen LogP contribution < -0.4 is 5.56 Å². The molecule has 1 unspecified atom stereocenters. The Labute approximate surface area is 185 Å². The highest BCUT2D eigenvalue weighted by molar-refractivity contribution is 5.78. The van der Waals surface area contributed by atoms with Crippen LogP contribution in [0.5, 0.6) is 0 Å². The molecule has 1 amide bonds. The number of aryl methyl sites for hydroxylation is 1. The lowest BCUT2D eigenvalue weighted by Gasteiger charge is -2.38. The van der Waals surface area contributed by atoms with E-state index in [2.05, 4.69) is 14.7 Å². The van der Waals surface area contributed by atoms with Gasteiger partial charge in [0.1, 0.15) is 5.82 Å². The second kappa shape index (κ2) is 9.41. The van der Waals surface area contributed by atoms with E-state index in [4.69, 9.17) is 4.98 Å². The van der Waals surface area contributed by atoms with Gasteiger partial charge in [-0.1, -0.05) is 19.3 Å². The summed E-state index contributed by atoms with van der Waals surface area (Å²) in [5.41, 5.74) is 1.05. The smallest absolute Gasteiger partial charge is 0.253 e. The van der Waals surface area contributed by atoms with Crippen molar-refractivity contribution >= 4 is 5.91 Å². The lowest BCUT2D eigenvalue weighted by molar-refractivity contribution is -0.134. The van der Waals surface area contributed by atoms with Crippen LogP contribution in [0, 0.1) is 0 Å². The van der Waals surface area contributed by atoms with Crippen molar-refractivity contribution in [2.24, 2.45) is 0 Å². The van der Waals surface area contributed by atoms with E-state index >= 15 is 0 Å². The van der Waals surface area contributed by atoms with Crippen molar-refractivity contribution in [3.8, 4) is 0 Å². The zero-order chi connectivity index (χ0) is 21.2. The lowest BCUT2D eigenvalue weighted by atomic mass is 10.0. The van der Waals surface area contributed by atoms with Crippen molar-refractivity contribution in [1.29, 1.82) is 0 Å². The molecule has 1 aromatic heterocycles. The van der Waals surface area contributed by atoms with Crippen LogP contribution in [0.1, 0.15) is 68.8 Å². The fraction of sp³-hybridized carbons (Fsp3) is 0.792. The second-order valence-electron chi connectivity index (χ2n) is 9.97. The zero-order valence-electron chi connectivity index (χ0n) is 18.8. The van der Waals surface area contributed by atoms with Gasteiger partial charge in [0.05, 0.1) is 12.2 Å². The molecule has 7 nitrogen and oxygen atoms in total. The fourth-order valence-electron chi connectivity index (χ4n) is 6.06. The van der Waals surface area contributed by atoms with E-state index in [0.29, 0.717) is 6.54 Å². The normalized spacial score (nSPS) is 26.2. The number of carbonyl (C=O) groups excluding carboxylic acids is 1. The summed E-state index contributed by atoms with van der Waals surface area (Å²) in [7, 11) is 0. The van der Waals surface area contributed by atoms with Gasteiger partial charge in [-0.05, 0) is 38.6 Å². The van der Waals surface area contributed by atoms with E-state index in [-0.39, 0.29) is 17.4 Å². The monoisotopic (exact) mass is 427 g/mol. The third kappa shape index (κ3) is 4.72. The van der Waals surface area contributed by atoms with E-state index in [1.54, 1.807) is 6.07 Å². The van der Waals surface area contributed by atoms with Crippen molar-refractivity contribution in [2.45, 2.75) is 76.3 Å². The number of piperazine rings is 1. The van der Waals surface area contributed by atoms with Gasteiger partial charge in [-0.3, -0.25) is 24.0 Å². The molecule has 3 fully saturated rings. The summed E-state index contributed by atoms with van der Waals surface area (Å²) in [5, 5.41) is 0. The first-order valence-electron chi connectivity index (χ1n) is 12.5. The minimum absolute atomic E-state index is 0.108. The third-order valence-corrected chi connectivity index (χ3v) is 7.95. The number of rotatable bonds is 4. The zero-order valence-corrected chi connectivity index (χ0v) is 18.8. The predicted octanol–water partition coefficient (Wildman–Crippen LogP) is 1.85. The lowest BCUT2D eigenvalue weighted by Crippen LogP contribution is -2.53. The van der Waals surface area contributed by atoms with Gasteiger partial charge < -0.3 is 4.90 Å². The number of nitrogens with zero attached hydrogens (tertiary/aromatic N) is 5. The molecule has 1 atom stereocenters. The molecular formula is C24H37N5O2. The first-order valence-corrected chi connectivity index (χ1v) is 12.5. The van der Waals surface area contributed by atoms with E-state index in [9.17, 15) is 9.59 Å². The number of likely N-dealkylation sites (tertiary alicyclic amines) is 1. The fourth-order valence-corrected chi connectivity index (χ4v) is 6.06. The Morgan fingerprint density at radius 3 is 2.55 bits per heavy atom. The van der Waals surface area contributed by atoms with Crippen LogP contribution in [0.25, 0.3) is 0 Å². The summed E-state index contributed by atoms with van der Waals surface area (Å²) in [6, 6.07) is 2.52. The van der Waals surface area contributed by atoms with Gasteiger partial charge in [0, 0.05) is 63.7 Å². The largest absolute Gasteiger partial charge is 0.339 e. The molecule has 5 rings (SSSR count). The second-order valence-corrected chi connectivity index (χ2v) is 9.97. The third-order valence-electron chi connectivity index (χ3n) is 7.95. The average molecular weight is 428 g/mol. The summed E-state index contributed by atoms with van der Waals surface area (Å²) in [4.78, 5) is 37.4. The van der Waals surface area contributed by atoms with E-state index in [1.807, 2.05) is 4.57 Å². The molecule has 0 radical (unpaired) electrons. The first kappa shape index (κ1) is 21.1. The number of amides is 1. The molecule has 4 aliphatic rings. The first-order chi connectivity index (χ1) is 15.2. The highest BCUT2D eigenvalue weighted by atomic mass is 16.2. The van der Waals surface area contributed by atoms with Crippen LogP contribution in [0.3, 0.4) is 0 Å². The minimum Gasteiger partial charge on any atom is -0.339 e. The molecule has 1 aromatic rings. The van der Waals surface area contributed by atoms with E-state index < -0.39 is 0 Å². The van der Waals surface area contributed by atoms with Gasteiger partial charge in [0.15, 0.2) is 0 Å². The highest BCUT2D eigenvalue weighted by Gasteiger charge is 2.31. The molecular weight excluding hydrogens is 390 g/mol. The summed E-state index contributed by atoms with van der Waals surface area (Å²) >= 11 is 0. The molecule has 0 spiro atoms. The Hall–Kier alpha value is -1.73. The maximum absolute atomic E-state index is 12.9.